The molecule has 1 aliphatic rings. The Morgan fingerprint density at radius 3 is 2.86 bits per heavy atom. The van der Waals surface area contributed by atoms with Crippen molar-refractivity contribution in [3.05, 3.63) is 12.2 Å². The lowest BCUT2D eigenvalue weighted by Gasteiger charge is -2.30. The van der Waals surface area contributed by atoms with Crippen molar-refractivity contribution in [3.63, 3.8) is 0 Å². The van der Waals surface area contributed by atoms with Crippen molar-refractivity contribution in [2.24, 2.45) is 0 Å². The van der Waals surface area contributed by atoms with Gasteiger partial charge in [0.15, 0.2) is 0 Å². The predicted molar refractivity (Wildman–Crippen MR) is 50.7 cm³/mol. The number of amides is 2. The van der Waals surface area contributed by atoms with Crippen LogP contribution < -0.4 is 5.32 Å². The van der Waals surface area contributed by atoms with E-state index in [-0.39, 0.29) is 12.1 Å². The second kappa shape index (κ2) is 4.13. The summed E-state index contributed by atoms with van der Waals surface area (Å²) in [6, 6.07) is -0.146. The third-order valence-electron chi connectivity index (χ3n) is 1.93. The number of likely N-dealkylation sites (N-methyl/N-ethyl adjacent to an activating group) is 1. The van der Waals surface area contributed by atoms with Crippen molar-refractivity contribution in [2.75, 3.05) is 20.1 Å². The molecule has 1 saturated heterocycles. The van der Waals surface area contributed by atoms with Gasteiger partial charge in [0.25, 0.3) is 0 Å². The quantitative estimate of drug-likeness (QED) is 0.507. The van der Waals surface area contributed by atoms with E-state index >= 15 is 0 Å². The summed E-state index contributed by atoms with van der Waals surface area (Å²) in [6.45, 7) is 5.85. The lowest BCUT2D eigenvalue weighted by molar-refractivity contribution is -0.145. The monoisotopic (exact) mass is 198 g/mol. The molecule has 0 aromatic heterocycles. The second-order valence-electron chi connectivity index (χ2n) is 3.37. The molecule has 1 aliphatic heterocycles. The lowest BCUT2D eigenvalue weighted by atomic mass is 10.2. The van der Waals surface area contributed by atoms with Crippen LogP contribution in [0, 0.1) is 0 Å². The third kappa shape index (κ3) is 2.48. The Kier molecular flexibility index (Phi) is 3.11. The number of nitrogens with zero attached hydrogens (tertiary/aromatic N) is 1. The molecule has 5 nitrogen and oxygen atoms in total. The van der Waals surface area contributed by atoms with E-state index in [4.69, 9.17) is 4.74 Å². The molecule has 0 aromatic rings. The first-order chi connectivity index (χ1) is 6.50. The molecule has 1 rings (SSSR count). The van der Waals surface area contributed by atoms with Gasteiger partial charge in [0, 0.05) is 12.6 Å². The summed E-state index contributed by atoms with van der Waals surface area (Å²) in [5.41, 5.74) is 0.365. The average molecular weight is 198 g/mol. The smallest absolute Gasteiger partial charge is 0.333 e. The number of rotatable bonds is 2. The van der Waals surface area contributed by atoms with E-state index in [1.807, 2.05) is 0 Å². The Hall–Kier alpha value is -1.52. The van der Waals surface area contributed by atoms with Gasteiger partial charge in [-0.25, -0.2) is 9.59 Å². The Morgan fingerprint density at radius 2 is 2.36 bits per heavy atom. The van der Waals surface area contributed by atoms with Crippen LogP contribution in [0.5, 0.6) is 0 Å². The molecular formula is C9H14N2O3. The molecule has 0 radical (unpaired) electrons. The molecule has 1 heterocycles. The van der Waals surface area contributed by atoms with Crippen LogP contribution in [0.1, 0.15) is 6.92 Å². The SMILES string of the molecule is C=C(C)C(=O)OC1CNC(=O)N(C)C1. The molecule has 0 bridgehead atoms. The summed E-state index contributed by atoms with van der Waals surface area (Å²) < 4.78 is 5.08. The predicted octanol–water partition coefficient (Wildman–Crippen LogP) is 0.129. The fourth-order valence-electron chi connectivity index (χ4n) is 1.12. The Morgan fingerprint density at radius 1 is 1.71 bits per heavy atom. The van der Waals surface area contributed by atoms with Crippen molar-refractivity contribution in [1.82, 2.24) is 10.2 Å². The molecule has 0 spiro atoms. The van der Waals surface area contributed by atoms with Gasteiger partial charge >= 0.3 is 12.0 Å². The number of carbonyl (C=O) groups excluding carboxylic acids is 2. The molecule has 2 amide bonds. The average Bonchev–Trinajstić information content (AvgIpc) is 2.11. The summed E-state index contributed by atoms with van der Waals surface area (Å²) in [7, 11) is 1.65. The summed E-state index contributed by atoms with van der Waals surface area (Å²) >= 11 is 0. The molecule has 5 heteroatoms. The zero-order chi connectivity index (χ0) is 10.7. The summed E-state index contributed by atoms with van der Waals surface area (Å²) in [5, 5.41) is 2.61. The van der Waals surface area contributed by atoms with Crippen LogP contribution in [0.4, 0.5) is 4.79 Å². The minimum absolute atomic E-state index is 0.146. The van der Waals surface area contributed by atoms with Crippen LogP contribution in [0.3, 0.4) is 0 Å². The van der Waals surface area contributed by atoms with E-state index in [2.05, 4.69) is 11.9 Å². The number of carbonyl (C=O) groups is 2. The van der Waals surface area contributed by atoms with Crippen LogP contribution >= 0.6 is 0 Å². The highest BCUT2D eigenvalue weighted by atomic mass is 16.5. The number of ether oxygens (including phenoxy) is 1. The first-order valence-corrected chi connectivity index (χ1v) is 4.36. The van der Waals surface area contributed by atoms with Gasteiger partial charge in [-0.1, -0.05) is 6.58 Å². The molecule has 1 fully saturated rings. The zero-order valence-corrected chi connectivity index (χ0v) is 8.37. The van der Waals surface area contributed by atoms with Gasteiger partial charge in [-0.05, 0) is 6.92 Å². The molecule has 1 N–H and O–H groups in total. The minimum atomic E-state index is -0.417. The number of hydrogen-bond donors (Lipinski definition) is 1. The van der Waals surface area contributed by atoms with Gasteiger partial charge in [-0.3, -0.25) is 0 Å². The van der Waals surface area contributed by atoms with Gasteiger partial charge < -0.3 is 15.0 Å². The van der Waals surface area contributed by atoms with Crippen molar-refractivity contribution in [2.45, 2.75) is 13.0 Å². The van der Waals surface area contributed by atoms with Crippen LogP contribution in [0.25, 0.3) is 0 Å². The minimum Gasteiger partial charge on any atom is -0.455 e. The lowest BCUT2D eigenvalue weighted by Crippen LogP contribution is -2.53. The van der Waals surface area contributed by atoms with Crippen LogP contribution in [-0.2, 0) is 9.53 Å². The van der Waals surface area contributed by atoms with Gasteiger partial charge in [0.2, 0.25) is 0 Å². The Balaban J connectivity index is 2.44. The fourth-order valence-corrected chi connectivity index (χ4v) is 1.12. The van der Waals surface area contributed by atoms with Gasteiger partial charge in [0.1, 0.15) is 6.10 Å². The maximum Gasteiger partial charge on any atom is 0.333 e. The fraction of sp³-hybridized carbons (Fsp3) is 0.556. The number of esters is 1. The van der Waals surface area contributed by atoms with E-state index in [1.165, 1.54) is 4.90 Å². The second-order valence-corrected chi connectivity index (χ2v) is 3.37. The Bertz CT molecular complexity index is 275. The van der Waals surface area contributed by atoms with E-state index in [0.29, 0.717) is 18.7 Å². The van der Waals surface area contributed by atoms with Crippen LogP contribution in [0.15, 0.2) is 12.2 Å². The standard InChI is InChI=1S/C9H14N2O3/c1-6(2)8(12)14-7-4-10-9(13)11(3)5-7/h7H,1,4-5H2,2-3H3,(H,10,13). The van der Waals surface area contributed by atoms with Crippen LogP contribution in [-0.4, -0.2) is 43.1 Å². The van der Waals surface area contributed by atoms with E-state index < -0.39 is 5.97 Å². The van der Waals surface area contributed by atoms with Gasteiger partial charge in [-0.2, -0.15) is 0 Å². The molecule has 0 saturated carbocycles. The maximum atomic E-state index is 11.1. The molecule has 0 aliphatic carbocycles. The maximum absolute atomic E-state index is 11.1. The van der Waals surface area contributed by atoms with Crippen molar-refractivity contribution in [3.8, 4) is 0 Å². The molecular weight excluding hydrogens is 184 g/mol. The summed E-state index contributed by atoms with van der Waals surface area (Å²) in [6.07, 6.45) is -0.290. The largest absolute Gasteiger partial charge is 0.455 e. The highest BCUT2D eigenvalue weighted by molar-refractivity contribution is 5.87. The van der Waals surface area contributed by atoms with E-state index in [0.717, 1.165) is 0 Å². The summed E-state index contributed by atoms with van der Waals surface area (Å²) in [5.74, 6) is -0.417. The van der Waals surface area contributed by atoms with Gasteiger partial charge in [-0.15, -0.1) is 0 Å². The van der Waals surface area contributed by atoms with Crippen LogP contribution in [0.2, 0.25) is 0 Å². The third-order valence-corrected chi connectivity index (χ3v) is 1.93. The van der Waals surface area contributed by atoms with Gasteiger partial charge in [0.05, 0.1) is 13.1 Å². The molecule has 0 aromatic carbocycles. The highest BCUT2D eigenvalue weighted by Crippen LogP contribution is 2.04. The van der Waals surface area contributed by atoms with E-state index in [1.54, 1.807) is 14.0 Å². The van der Waals surface area contributed by atoms with Crippen molar-refractivity contribution < 1.29 is 14.3 Å². The Labute approximate surface area is 82.7 Å². The van der Waals surface area contributed by atoms with E-state index in [9.17, 15) is 9.59 Å². The zero-order valence-electron chi connectivity index (χ0n) is 8.37. The molecule has 78 valence electrons. The molecule has 1 atom stereocenters. The molecule has 14 heavy (non-hydrogen) atoms. The number of nitrogens with one attached hydrogen (secondary N) is 1. The molecule has 1 unspecified atom stereocenters. The van der Waals surface area contributed by atoms with Crippen molar-refractivity contribution in [1.29, 1.82) is 0 Å². The summed E-state index contributed by atoms with van der Waals surface area (Å²) in [4.78, 5) is 23.6. The highest BCUT2D eigenvalue weighted by Gasteiger charge is 2.24. The number of urea groups is 1. The normalized spacial score (nSPS) is 21.4. The van der Waals surface area contributed by atoms with Crippen molar-refractivity contribution >= 4 is 12.0 Å². The first-order valence-electron chi connectivity index (χ1n) is 4.36. The topological polar surface area (TPSA) is 58.6 Å². The first kappa shape index (κ1) is 10.6. The number of hydrogen-bond acceptors (Lipinski definition) is 3.